The summed E-state index contributed by atoms with van der Waals surface area (Å²) in [6, 6.07) is 7.08. The highest BCUT2D eigenvalue weighted by Crippen LogP contribution is 2.25. The lowest BCUT2D eigenvalue weighted by Gasteiger charge is -2.13. The van der Waals surface area contributed by atoms with E-state index in [-0.39, 0.29) is 0 Å². The maximum Gasteiger partial charge on any atom is 0.0710 e. The van der Waals surface area contributed by atoms with Gasteiger partial charge >= 0.3 is 0 Å². The van der Waals surface area contributed by atoms with E-state index in [0.29, 0.717) is 0 Å². The Balaban J connectivity index is 1.86. The van der Waals surface area contributed by atoms with Crippen LogP contribution in [0.3, 0.4) is 0 Å². The number of aromatic nitrogens is 1. The first-order valence-corrected chi connectivity index (χ1v) is 14.6. The molecule has 0 saturated carbocycles. The van der Waals surface area contributed by atoms with Gasteiger partial charge in [0.2, 0.25) is 0 Å². The lowest BCUT2D eigenvalue weighted by molar-refractivity contribution is 0.562. The van der Waals surface area contributed by atoms with Gasteiger partial charge in [-0.3, -0.25) is 4.98 Å². The largest absolute Gasteiger partial charge is 0.253 e. The van der Waals surface area contributed by atoms with E-state index in [1.165, 1.54) is 149 Å². The topological polar surface area (TPSA) is 12.9 Å². The second-order valence-electron chi connectivity index (χ2n) is 10.5. The van der Waals surface area contributed by atoms with Crippen LogP contribution in [0.15, 0.2) is 18.2 Å². The number of pyridine rings is 1. The van der Waals surface area contributed by atoms with Gasteiger partial charge in [0.1, 0.15) is 0 Å². The van der Waals surface area contributed by atoms with E-state index >= 15 is 0 Å². The van der Waals surface area contributed by atoms with Crippen LogP contribution in [-0.4, -0.2) is 4.98 Å². The van der Waals surface area contributed by atoms with Crippen LogP contribution in [0.25, 0.3) is 10.9 Å². The van der Waals surface area contributed by atoms with Gasteiger partial charge in [-0.1, -0.05) is 116 Å². The standard InChI is InChI=1S/C32H53N/c1-5-7-9-11-13-15-17-19-21-23-31-29(22-20-18-16-14-12-10-8-6-2)26-30-28(4)24-27(3)25-32(30)33-31/h24-26H,5-23H2,1-4H3. The molecule has 1 nitrogen and oxygen atoms in total. The van der Waals surface area contributed by atoms with Gasteiger partial charge in [-0.25, -0.2) is 0 Å². The molecule has 2 rings (SSSR count). The summed E-state index contributed by atoms with van der Waals surface area (Å²) in [5.41, 5.74) is 6.83. The molecule has 0 bridgehead atoms. The molecule has 186 valence electrons. The molecule has 2 aromatic rings. The van der Waals surface area contributed by atoms with Crippen LogP contribution in [0.2, 0.25) is 0 Å². The van der Waals surface area contributed by atoms with E-state index in [0.717, 1.165) is 6.42 Å². The summed E-state index contributed by atoms with van der Waals surface area (Å²) in [6.07, 6.45) is 26.0. The Hall–Kier alpha value is -1.37. The number of aryl methyl sites for hydroxylation is 4. The fraction of sp³-hybridized carbons (Fsp3) is 0.719. The van der Waals surface area contributed by atoms with Crippen molar-refractivity contribution in [2.24, 2.45) is 0 Å². The molecule has 1 heterocycles. The van der Waals surface area contributed by atoms with Crippen LogP contribution in [0.1, 0.15) is 145 Å². The van der Waals surface area contributed by atoms with Crippen LogP contribution in [0.5, 0.6) is 0 Å². The van der Waals surface area contributed by atoms with Gasteiger partial charge in [0.05, 0.1) is 5.52 Å². The van der Waals surface area contributed by atoms with Gasteiger partial charge in [-0.2, -0.15) is 0 Å². The Bertz CT molecular complexity index is 776. The van der Waals surface area contributed by atoms with E-state index < -0.39 is 0 Å². The van der Waals surface area contributed by atoms with Gasteiger partial charge in [-0.05, 0) is 68.4 Å². The van der Waals surface area contributed by atoms with Crippen molar-refractivity contribution < 1.29 is 0 Å². The molecule has 0 spiro atoms. The molecular formula is C32H53N. The third-order valence-corrected chi connectivity index (χ3v) is 7.27. The molecule has 0 radical (unpaired) electrons. The Morgan fingerprint density at radius 2 is 1.03 bits per heavy atom. The highest BCUT2D eigenvalue weighted by molar-refractivity contribution is 5.83. The maximum atomic E-state index is 5.21. The second kappa shape index (κ2) is 17.1. The first-order chi connectivity index (χ1) is 16.2. The molecule has 0 aliphatic carbocycles. The van der Waals surface area contributed by atoms with Crippen molar-refractivity contribution in [1.29, 1.82) is 0 Å². The van der Waals surface area contributed by atoms with Gasteiger partial charge in [-0.15, -0.1) is 0 Å². The van der Waals surface area contributed by atoms with Crippen molar-refractivity contribution >= 4 is 10.9 Å². The highest BCUT2D eigenvalue weighted by atomic mass is 14.7. The number of unbranched alkanes of at least 4 members (excludes halogenated alkanes) is 15. The number of hydrogen-bond acceptors (Lipinski definition) is 1. The van der Waals surface area contributed by atoms with Crippen molar-refractivity contribution in [1.82, 2.24) is 4.98 Å². The molecular weight excluding hydrogens is 398 g/mol. The molecule has 1 heteroatoms. The maximum absolute atomic E-state index is 5.21. The Labute approximate surface area is 206 Å². The van der Waals surface area contributed by atoms with Crippen LogP contribution < -0.4 is 0 Å². The van der Waals surface area contributed by atoms with Crippen LogP contribution in [0, 0.1) is 13.8 Å². The predicted octanol–water partition coefficient (Wildman–Crippen LogP) is 10.6. The molecule has 0 aliphatic rings. The van der Waals surface area contributed by atoms with Crippen LogP contribution in [0.4, 0.5) is 0 Å². The first-order valence-electron chi connectivity index (χ1n) is 14.6. The summed E-state index contributed by atoms with van der Waals surface area (Å²) in [5.74, 6) is 0. The van der Waals surface area contributed by atoms with E-state index in [4.69, 9.17) is 4.98 Å². The highest BCUT2D eigenvalue weighted by Gasteiger charge is 2.10. The number of hydrogen-bond donors (Lipinski definition) is 0. The Morgan fingerprint density at radius 1 is 0.545 bits per heavy atom. The number of fused-ring (bicyclic) bond motifs is 1. The zero-order valence-electron chi connectivity index (χ0n) is 22.6. The normalized spacial score (nSPS) is 11.5. The molecule has 0 atom stereocenters. The fourth-order valence-corrected chi connectivity index (χ4v) is 5.20. The minimum atomic E-state index is 1.16. The molecule has 1 aromatic heterocycles. The Morgan fingerprint density at radius 3 is 1.58 bits per heavy atom. The molecule has 0 N–H and O–H groups in total. The third-order valence-electron chi connectivity index (χ3n) is 7.27. The van der Waals surface area contributed by atoms with Crippen molar-refractivity contribution in [2.45, 2.75) is 150 Å². The van der Waals surface area contributed by atoms with Crippen LogP contribution in [-0.2, 0) is 12.8 Å². The monoisotopic (exact) mass is 451 g/mol. The minimum absolute atomic E-state index is 1.16. The van der Waals surface area contributed by atoms with E-state index in [2.05, 4.69) is 45.9 Å². The summed E-state index contributed by atoms with van der Waals surface area (Å²) >= 11 is 0. The smallest absolute Gasteiger partial charge is 0.0710 e. The average Bonchev–Trinajstić information content (AvgIpc) is 2.80. The van der Waals surface area contributed by atoms with E-state index in [1.54, 1.807) is 0 Å². The first kappa shape index (κ1) is 27.9. The summed E-state index contributed by atoms with van der Waals surface area (Å²) in [6.45, 7) is 9.04. The zero-order valence-corrected chi connectivity index (χ0v) is 22.6. The van der Waals surface area contributed by atoms with E-state index in [9.17, 15) is 0 Å². The molecule has 0 aliphatic heterocycles. The number of benzene rings is 1. The van der Waals surface area contributed by atoms with Gasteiger partial charge in [0.25, 0.3) is 0 Å². The van der Waals surface area contributed by atoms with Crippen molar-refractivity contribution in [3.63, 3.8) is 0 Å². The van der Waals surface area contributed by atoms with Crippen LogP contribution >= 0.6 is 0 Å². The quantitative estimate of drug-likeness (QED) is 0.193. The fourth-order valence-electron chi connectivity index (χ4n) is 5.20. The SMILES string of the molecule is CCCCCCCCCCCc1nc2cc(C)cc(C)c2cc1CCCCCCCCCC. The number of nitrogens with zero attached hydrogens (tertiary/aromatic N) is 1. The van der Waals surface area contributed by atoms with Gasteiger partial charge in [0, 0.05) is 11.1 Å². The molecule has 0 saturated heterocycles. The summed E-state index contributed by atoms with van der Waals surface area (Å²) < 4.78 is 0. The zero-order chi connectivity index (χ0) is 23.7. The molecule has 33 heavy (non-hydrogen) atoms. The second-order valence-corrected chi connectivity index (χ2v) is 10.5. The van der Waals surface area contributed by atoms with Crippen molar-refractivity contribution in [2.75, 3.05) is 0 Å². The number of rotatable bonds is 19. The average molecular weight is 452 g/mol. The summed E-state index contributed by atoms with van der Waals surface area (Å²) in [5, 5.41) is 1.37. The van der Waals surface area contributed by atoms with Crippen molar-refractivity contribution in [3.05, 3.63) is 40.6 Å². The lowest BCUT2D eigenvalue weighted by Crippen LogP contribution is -2.01. The van der Waals surface area contributed by atoms with Gasteiger partial charge < -0.3 is 0 Å². The Kier molecular flexibility index (Phi) is 14.5. The summed E-state index contributed by atoms with van der Waals surface area (Å²) in [4.78, 5) is 5.21. The summed E-state index contributed by atoms with van der Waals surface area (Å²) in [7, 11) is 0. The van der Waals surface area contributed by atoms with E-state index in [1.807, 2.05) is 0 Å². The molecule has 0 amide bonds. The predicted molar refractivity (Wildman–Crippen MR) is 148 cm³/mol. The third kappa shape index (κ3) is 11.1. The van der Waals surface area contributed by atoms with Crippen molar-refractivity contribution in [3.8, 4) is 0 Å². The minimum Gasteiger partial charge on any atom is -0.253 e. The molecule has 0 fully saturated rings. The molecule has 1 aromatic carbocycles. The lowest BCUT2D eigenvalue weighted by atomic mass is 9.96. The molecule has 0 unspecified atom stereocenters. The van der Waals surface area contributed by atoms with Gasteiger partial charge in [0.15, 0.2) is 0 Å².